The van der Waals surface area contributed by atoms with E-state index >= 15 is 0 Å². The number of hydrogen-bond donors (Lipinski definition) is 0. The predicted molar refractivity (Wildman–Crippen MR) is 104 cm³/mol. The molecule has 0 fully saturated rings. The lowest BCUT2D eigenvalue weighted by Crippen LogP contribution is -2.09. The standard InChI is InChI=1S/C19H17NO.C3H8/c1-21-19-14-12-18(13-15-19)20(16-8-4-2-5-9-16)17-10-6-3-7-11-17;1-3-2/h2-15H,1H3;3H2,1-2H3. The summed E-state index contributed by atoms with van der Waals surface area (Å²) in [5.41, 5.74) is 3.37. The van der Waals surface area contributed by atoms with Crippen LogP contribution in [-0.4, -0.2) is 7.11 Å². The van der Waals surface area contributed by atoms with E-state index < -0.39 is 0 Å². The van der Waals surface area contributed by atoms with Crippen molar-refractivity contribution >= 4 is 17.1 Å². The van der Waals surface area contributed by atoms with E-state index in [0.29, 0.717) is 0 Å². The zero-order valence-corrected chi connectivity index (χ0v) is 14.6. The number of anilines is 3. The summed E-state index contributed by atoms with van der Waals surface area (Å²) >= 11 is 0. The van der Waals surface area contributed by atoms with Gasteiger partial charge in [-0.2, -0.15) is 0 Å². The topological polar surface area (TPSA) is 12.5 Å². The molecule has 0 heterocycles. The van der Waals surface area contributed by atoms with Crippen LogP contribution in [0.1, 0.15) is 20.3 Å². The van der Waals surface area contributed by atoms with Gasteiger partial charge in [0.1, 0.15) is 5.75 Å². The highest BCUT2D eigenvalue weighted by atomic mass is 16.5. The van der Waals surface area contributed by atoms with Gasteiger partial charge >= 0.3 is 0 Å². The Labute approximate surface area is 145 Å². The summed E-state index contributed by atoms with van der Waals surface area (Å²) in [4.78, 5) is 2.22. The Kier molecular flexibility index (Phi) is 6.91. The summed E-state index contributed by atoms with van der Waals surface area (Å²) in [6.45, 7) is 4.25. The first-order chi connectivity index (χ1) is 11.8. The molecule has 0 aliphatic carbocycles. The Balaban J connectivity index is 0.000000647. The molecule has 2 nitrogen and oxygen atoms in total. The Morgan fingerprint density at radius 2 is 1.00 bits per heavy atom. The van der Waals surface area contributed by atoms with E-state index in [2.05, 4.69) is 79.4 Å². The highest BCUT2D eigenvalue weighted by Gasteiger charge is 2.11. The zero-order valence-electron chi connectivity index (χ0n) is 14.6. The van der Waals surface area contributed by atoms with Crippen LogP contribution in [0, 0.1) is 0 Å². The SMILES string of the molecule is CCC.COc1ccc(N(c2ccccc2)c2ccccc2)cc1. The third kappa shape index (κ3) is 4.63. The molecule has 2 heteroatoms. The minimum atomic E-state index is 0.861. The van der Waals surface area contributed by atoms with Crippen molar-refractivity contribution in [2.75, 3.05) is 12.0 Å². The number of benzene rings is 3. The summed E-state index contributed by atoms with van der Waals surface area (Å²) in [5, 5.41) is 0. The van der Waals surface area contributed by atoms with Gasteiger partial charge < -0.3 is 9.64 Å². The zero-order chi connectivity index (χ0) is 17.2. The van der Waals surface area contributed by atoms with Gasteiger partial charge in [0.25, 0.3) is 0 Å². The van der Waals surface area contributed by atoms with Gasteiger partial charge in [-0.05, 0) is 48.5 Å². The predicted octanol–water partition coefficient (Wildman–Crippen LogP) is 6.58. The fourth-order valence-electron chi connectivity index (χ4n) is 2.33. The molecule has 3 rings (SSSR count). The molecule has 0 atom stereocenters. The Hall–Kier alpha value is -2.74. The van der Waals surface area contributed by atoms with E-state index in [4.69, 9.17) is 4.74 Å². The lowest BCUT2D eigenvalue weighted by atomic mass is 10.2. The summed E-state index contributed by atoms with van der Waals surface area (Å²) < 4.78 is 5.24. The summed E-state index contributed by atoms with van der Waals surface area (Å²) in [7, 11) is 1.68. The van der Waals surface area contributed by atoms with Crippen molar-refractivity contribution in [3.05, 3.63) is 84.9 Å². The molecule has 0 aliphatic rings. The minimum Gasteiger partial charge on any atom is -0.497 e. The second-order valence-electron chi connectivity index (χ2n) is 5.41. The van der Waals surface area contributed by atoms with Gasteiger partial charge in [-0.3, -0.25) is 0 Å². The number of para-hydroxylation sites is 2. The smallest absolute Gasteiger partial charge is 0.119 e. The molecule has 0 spiro atoms. The van der Waals surface area contributed by atoms with Crippen LogP contribution in [-0.2, 0) is 0 Å². The van der Waals surface area contributed by atoms with E-state index in [1.807, 2.05) is 24.3 Å². The van der Waals surface area contributed by atoms with Gasteiger partial charge in [-0.1, -0.05) is 56.7 Å². The maximum Gasteiger partial charge on any atom is 0.119 e. The van der Waals surface area contributed by atoms with E-state index in [9.17, 15) is 0 Å². The lowest BCUT2D eigenvalue weighted by Gasteiger charge is -2.25. The molecule has 0 radical (unpaired) electrons. The van der Waals surface area contributed by atoms with Crippen molar-refractivity contribution in [1.29, 1.82) is 0 Å². The molecule has 0 aliphatic heterocycles. The van der Waals surface area contributed by atoms with Crippen molar-refractivity contribution in [2.24, 2.45) is 0 Å². The van der Waals surface area contributed by atoms with Gasteiger partial charge in [-0.15, -0.1) is 0 Å². The summed E-state index contributed by atoms with van der Waals surface area (Å²) in [5.74, 6) is 0.861. The lowest BCUT2D eigenvalue weighted by molar-refractivity contribution is 0.415. The fourth-order valence-corrected chi connectivity index (χ4v) is 2.33. The molecule has 3 aromatic carbocycles. The number of hydrogen-bond acceptors (Lipinski definition) is 2. The van der Waals surface area contributed by atoms with Crippen LogP contribution < -0.4 is 9.64 Å². The normalized spacial score (nSPS) is 9.62. The van der Waals surface area contributed by atoms with Crippen molar-refractivity contribution in [3.63, 3.8) is 0 Å². The van der Waals surface area contributed by atoms with Gasteiger partial charge in [0.15, 0.2) is 0 Å². The third-order valence-corrected chi connectivity index (χ3v) is 3.36. The Morgan fingerprint density at radius 3 is 1.38 bits per heavy atom. The van der Waals surface area contributed by atoms with Gasteiger partial charge in [-0.25, -0.2) is 0 Å². The van der Waals surface area contributed by atoms with E-state index in [-0.39, 0.29) is 0 Å². The van der Waals surface area contributed by atoms with Crippen molar-refractivity contribution in [2.45, 2.75) is 20.3 Å². The largest absolute Gasteiger partial charge is 0.497 e. The average molecular weight is 319 g/mol. The molecule has 0 bridgehead atoms. The van der Waals surface area contributed by atoms with Gasteiger partial charge in [0, 0.05) is 17.1 Å². The van der Waals surface area contributed by atoms with Crippen molar-refractivity contribution in [3.8, 4) is 5.75 Å². The first-order valence-electron chi connectivity index (χ1n) is 8.34. The van der Waals surface area contributed by atoms with E-state index in [0.717, 1.165) is 22.8 Å². The highest BCUT2D eigenvalue weighted by Crippen LogP contribution is 2.34. The van der Waals surface area contributed by atoms with Crippen molar-refractivity contribution < 1.29 is 4.74 Å². The van der Waals surface area contributed by atoms with Gasteiger partial charge in [0.2, 0.25) is 0 Å². The number of ether oxygens (including phenoxy) is 1. The number of rotatable bonds is 4. The Morgan fingerprint density at radius 1 is 0.625 bits per heavy atom. The minimum absolute atomic E-state index is 0.861. The summed E-state index contributed by atoms with van der Waals surface area (Å²) in [6, 6.07) is 28.8. The first kappa shape index (κ1) is 17.6. The molecule has 24 heavy (non-hydrogen) atoms. The molecule has 3 aromatic rings. The maximum atomic E-state index is 5.24. The molecule has 0 N–H and O–H groups in total. The molecule has 0 saturated carbocycles. The molecule has 0 unspecified atom stereocenters. The fraction of sp³-hybridized carbons (Fsp3) is 0.182. The van der Waals surface area contributed by atoms with Crippen LogP contribution in [0.25, 0.3) is 0 Å². The van der Waals surface area contributed by atoms with Crippen LogP contribution in [0.2, 0.25) is 0 Å². The summed E-state index contributed by atoms with van der Waals surface area (Å²) in [6.07, 6.45) is 1.25. The van der Waals surface area contributed by atoms with Gasteiger partial charge in [0.05, 0.1) is 7.11 Å². The Bertz CT molecular complexity index is 654. The highest BCUT2D eigenvalue weighted by molar-refractivity contribution is 5.76. The van der Waals surface area contributed by atoms with Crippen LogP contribution in [0.4, 0.5) is 17.1 Å². The molecule has 0 aromatic heterocycles. The molecular formula is C22H25NO. The van der Waals surface area contributed by atoms with Crippen LogP contribution in [0.15, 0.2) is 84.9 Å². The van der Waals surface area contributed by atoms with E-state index in [1.165, 1.54) is 6.42 Å². The average Bonchev–Trinajstić information content (AvgIpc) is 2.65. The molecule has 0 saturated heterocycles. The molecular weight excluding hydrogens is 294 g/mol. The quantitative estimate of drug-likeness (QED) is 0.538. The molecule has 124 valence electrons. The number of nitrogens with zero attached hydrogens (tertiary/aromatic N) is 1. The van der Waals surface area contributed by atoms with Crippen LogP contribution in [0.5, 0.6) is 5.75 Å². The maximum absolute atomic E-state index is 5.24. The molecule has 0 amide bonds. The second-order valence-corrected chi connectivity index (χ2v) is 5.41. The van der Waals surface area contributed by atoms with Crippen molar-refractivity contribution in [1.82, 2.24) is 0 Å². The van der Waals surface area contributed by atoms with Crippen LogP contribution in [0.3, 0.4) is 0 Å². The second kappa shape index (κ2) is 9.41. The number of methoxy groups -OCH3 is 1. The third-order valence-electron chi connectivity index (χ3n) is 3.36. The monoisotopic (exact) mass is 319 g/mol. The van der Waals surface area contributed by atoms with Crippen LogP contribution >= 0.6 is 0 Å². The van der Waals surface area contributed by atoms with E-state index in [1.54, 1.807) is 7.11 Å². The first-order valence-corrected chi connectivity index (χ1v) is 8.34.